The normalized spacial score (nSPS) is 11.3. The van der Waals surface area contributed by atoms with Gasteiger partial charge < -0.3 is 10.2 Å². The van der Waals surface area contributed by atoms with Gasteiger partial charge in [0.1, 0.15) is 0 Å². The van der Waals surface area contributed by atoms with Gasteiger partial charge in [-0.25, -0.2) is 0 Å². The Bertz CT molecular complexity index is 138. The van der Waals surface area contributed by atoms with Crippen molar-refractivity contribution in [2.75, 3.05) is 6.54 Å². The Kier molecular flexibility index (Phi) is 5.16. The zero-order valence-electron chi connectivity index (χ0n) is 8.22. The van der Waals surface area contributed by atoms with Gasteiger partial charge in [-0.2, -0.15) is 0 Å². The summed E-state index contributed by atoms with van der Waals surface area (Å²) in [5.74, 6) is -0.243. The highest BCUT2D eigenvalue weighted by molar-refractivity contribution is 6.74. The quantitative estimate of drug-likeness (QED) is 0.667. The van der Waals surface area contributed by atoms with Crippen LogP contribution in [0.3, 0.4) is 0 Å². The van der Waals surface area contributed by atoms with E-state index in [1.165, 1.54) is 0 Å². The molecule has 0 rings (SSSR count). The number of carbonyl (C=O) groups is 1. The molecule has 3 nitrogen and oxygen atoms in total. The SMILES string of the molecule is CC[Si](CC)(CC)OC(=O)CN. The van der Waals surface area contributed by atoms with E-state index >= 15 is 0 Å². The van der Waals surface area contributed by atoms with Gasteiger partial charge >= 0.3 is 5.97 Å². The number of hydrogen-bond donors (Lipinski definition) is 1. The molecule has 0 spiro atoms. The van der Waals surface area contributed by atoms with Crippen LogP contribution >= 0.6 is 0 Å². The lowest BCUT2D eigenvalue weighted by molar-refractivity contribution is -0.133. The summed E-state index contributed by atoms with van der Waals surface area (Å²) < 4.78 is 5.41. The number of rotatable bonds is 5. The Morgan fingerprint density at radius 2 is 1.67 bits per heavy atom. The molecule has 0 aliphatic rings. The monoisotopic (exact) mass is 189 g/mol. The fourth-order valence-corrected chi connectivity index (χ4v) is 3.75. The molecule has 0 saturated heterocycles. The fourth-order valence-electron chi connectivity index (χ4n) is 1.25. The lowest BCUT2D eigenvalue weighted by Crippen LogP contribution is -2.40. The molecule has 0 aliphatic heterocycles. The molecule has 0 unspecified atom stereocenters. The molecule has 12 heavy (non-hydrogen) atoms. The Labute approximate surface area is 75.4 Å². The minimum atomic E-state index is -1.73. The van der Waals surface area contributed by atoms with E-state index in [2.05, 4.69) is 20.8 Å². The summed E-state index contributed by atoms with van der Waals surface area (Å²) in [6.07, 6.45) is 0. The number of nitrogens with two attached hydrogens (primary N) is 1. The molecule has 0 fully saturated rings. The van der Waals surface area contributed by atoms with Gasteiger partial charge in [0.25, 0.3) is 8.32 Å². The highest BCUT2D eigenvalue weighted by Gasteiger charge is 2.32. The molecule has 72 valence electrons. The molecule has 0 aromatic heterocycles. The molecule has 0 radical (unpaired) electrons. The third-order valence-corrected chi connectivity index (χ3v) is 6.96. The molecule has 0 aromatic rings. The predicted molar refractivity (Wildman–Crippen MR) is 52.3 cm³/mol. The van der Waals surface area contributed by atoms with Crippen molar-refractivity contribution in [2.24, 2.45) is 5.73 Å². The van der Waals surface area contributed by atoms with Crippen molar-refractivity contribution in [1.29, 1.82) is 0 Å². The van der Waals surface area contributed by atoms with E-state index in [0.717, 1.165) is 18.1 Å². The Morgan fingerprint density at radius 1 is 1.25 bits per heavy atom. The second kappa shape index (κ2) is 5.32. The van der Waals surface area contributed by atoms with Crippen LogP contribution < -0.4 is 5.73 Å². The van der Waals surface area contributed by atoms with Gasteiger partial charge in [0.15, 0.2) is 0 Å². The van der Waals surface area contributed by atoms with Crippen LogP contribution in [0.1, 0.15) is 20.8 Å². The standard InChI is InChI=1S/C8H19NO2Si/c1-4-12(5-2,6-3)11-8(10)7-9/h4-7,9H2,1-3H3. The average molecular weight is 189 g/mol. The first-order chi connectivity index (χ1) is 5.64. The molecule has 0 saturated carbocycles. The van der Waals surface area contributed by atoms with Gasteiger partial charge in [0.2, 0.25) is 0 Å². The predicted octanol–water partition coefficient (Wildman–Crippen LogP) is 1.49. The van der Waals surface area contributed by atoms with E-state index in [9.17, 15) is 4.79 Å². The van der Waals surface area contributed by atoms with Crippen LogP contribution in [0.25, 0.3) is 0 Å². The number of carbonyl (C=O) groups excluding carboxylic acids is 1. The topological polar surface area (TPSA) is 52.3 Å². The molecule has 0 atom stereocenters. The Hall–Kier alpha value is -0.353. The zero-order valence-corrected chi connectivity index (χ0v) is 9.22. The van der Waals surface area contributed by atoms with Crippen LogP contribution in [-0.4, -0.2) is 20.8 Å². The van der Waals surface area contributed by atoms with Crippen molar-refractivity contribution < 1.29 is 9.22 Å². The summed E-state index contributed by atoms with van der Waals surface area (Å²) in [7, 11) is -1.73. The van der Waals surface area contributed by atoms with Crippen molar-refractivity contribution in [1.82, 2.24) is 0 Å². The second-order valence-electron chi connectivity index (χ2n) is 2.92. The highest BCUT2D eigenvalue weighted by Crippen LogP contribution is 2.21. The van der Waals surface area contributed by atoms with Crippen molar-refractivity contribution in [3.05, 3.63) is 0 Å². The zero-order chi connectivity index (χ0) is 9.61. The van der Waals surface area contributed by atoms with Crippen molar-refractivity contribution in [3.8, 4) is 0 Å². The van der Waals surface area contributed by atoms with Gasteiger partial charge in [-0.3, -0.25) is 4.79 Å². The molecular weight excluding hydrogens is 170 g/mol. The molecule has 0 heterocycles. The maximum Gasteiger partial charge on any atom is 0.306 e. The smallest absolute Gasteiger partial charge is 0.306 e. The maximum absolute atomic E-state index is 11.0. The summed E-state index contributed by atoms with van der Waals surface area (Å²) in [5, 5.41) is 0. The maximum atomic E-state index is 11.0. The first kappa shape index (κ1) is 11.6. The fraction of sp³-hybridized carbons (Fsp3) is 0.875. The number of hydrogen-bond acceptors (Lipinski definition) is 3. The first-order valence-corrected chi connectivity index (χ1v) is 7.09. The lowest BCUT2D eigenvalue weighted by Gasteiger charge is -2.27. The molecule has 0 aromatic carbocycles. The van der Waals surface area contributed by atoms with Gasteiger partial charge in [0, 0.05) is 0 Å². The van der Waals surface area contributed by atoms with Gasteiger partial charge in [-0.15, -0.1) is 0 Å². The lowest BCUT2D eigenvalue weighted by atomic mass is 10.7. The Morgan fingerprint density at radius 3 is 1.92 bits per heavy atom. The van der Waals surface area contributed by atoms with Crippen molar-refractivity contribution in [2.45, 2.75) is 38.9 Å². The minimum absolute atomic E-state index is 0.00868. The van der Waals surface area contributed by atoms with Crippen LogP contribution in [0.4, 0.5) is 0 Å². The molecular formula is C8H19NO2Si. The van der Waals surface area contributed by atoms with Crippen LogP contribution in [0.15, 0.2) is 0 Å². The molecule has 0 aliphatic carbocycles. The summed E-state index contributed by atoms with van der Waals surface area (Å²) in [4.78, 5) is 11.0. The summed E-state index contributed by atoms with van der Waals surface area (Å²) in [6.45, 7) is 6.27. The first-order valence-electron chi connectivity index (χ1n) is 4.56. The summed E-state index contributed by atoms with van der Waals surface area (Å²) >= 11 is 0. The van der Waals surface area contributed by atoms with Crippen molar-refractivity contribution >= 4 is 14.3 Å². The van der Waals surface area contributed by atoms with E-state index in [-0.39, 0.29) is 12.5 Å². The van der Waals surface area contributed by atoms with Crippen LogP contribution in [0.5, 0.6) is 0 Å². The average Bonchev–Trinajstić information content (AvgIpc) is 2.14. The van der Waals surface area contributed by atoms with E-state index in [1.54, 1.807) is 0 Å². The molecule has 2 N–H and O–H groups in total. The second-order valence-corrected chi connectivity index (χ2v) is 7.61. The third kappa shape index (κ3) is 2.95. The van der Waals surface area contributed by atoms with Gasteiger partial charge in [-0.1, -0.05) is 20.8 Å². The van der Waals surface area contributed by atoms with Crippen LogP contribution in [0, 0.1) is 0 Å². The van der Waals surface area contributed by atoms with E-state index in [0.29, 0.717) is 0 Å². The molecule has 0 amide bonds. The largest absolute Gasteiger partial charge is 0.518 e. The van der Waals surface area contributed by atoms with E-state index in [1.807, 2.05) is 0 Å². The summed E-state index contributed by atoms with van der Waals surface area (Å²) in [5.41, 5.74) is 5.19. The summed E-state index contributed by atoms with van der Waals surface area (Å²) in [6, 6.07) is 2.98. The van der Waals surface area contributed by atoms with Crippen LogP contribution in [0.2, 0.25) is 18.1 Å². The molecule has 4 heteroatoms. The minimum Gasteiger partial charge on any atom is -0.518 e. The highest BCUT2D eigenvalue weighted by atomic mass is 28.4. The third-order valence-electron chi connectivity index (χ3n) is 2.43. The molecule has 0 bridgehead atoms. The van der Waals surface area contributed by atoms with Gasteiger partial charge in [-0.05, 0) is 18.1 Å². The van der Waals surface area contributed by atoms with Gasteiger partial charge in [0.05, 0.1) is 6.54 Å². The van der Waals surface area contributed by atoms with E-state index in [4.69, 9.17) is 10.2 Å². The Balaban J connectivity index is 4.19. The van der Waals surface area contributed by atoms with E-state index < -0.39 is 8.32 Å². The van der Waals surface area contributed by atoms with Crippen molar-refractivity contribution in [3.63, 3.8) is 0 Å². The van der Waals surface area contributed by atoms with Crippen LogP contribution in [-0.2, 0) is 9.22 Å².